The first kappa shape index (κ1) is 13.8. The second kappa shape index (κ2) is 6.02. The zero-order chi connectivity index (χ0) is 13.1. The minimum Gasteiger partial charge on any atom is -0.384 e. The Balaban J connectivity index is 2.02. The average Bonchev–Trinajstić information content (AvgIpc) is 2.69. The van der Waals surface area contributed by atoms with Crippen LogP contribution in [0.2, 0.25) is 5.02 Å². The molecule has 2 N–H and O–H groups in total. The predicted molar refractivity (Wildman–Crippen MR) is 80.8 cm³/mol. The van der Waals surface area contributed by atoms with E-state index in [2.05, 4.69) is 37.3 Å². The molecule has 0 saturated carbocycles. The number of nitrogen functional groups attached to an aromatic ring is 1. The Morgan fingerprint density at radius 2 is 2.22 bits per heavy atom. The van der Waals surface area contributed by atoms with Crippen molar-refractivity contribution in [2.45, 2.75) is 13.1 Å². The highest BCUT2D eigenvalue weighted by molar-refractivity contribution is 9.10. The summed E-state index contributed by atoms with van der Waals surface area (Å²) >= 11 is 11.3. The molecule has 0 bridgehead atoms. The molecule has 2 rings (SSSR count). The first-order valence-electron chi connectivity index (χ1n) is 5.37. The SMILES string of the molecule is CN(Cc1cc(Br)cs1)Cc1nc(N)ccc1Cl. The molecular formula is C12H13BrClN3S. The van der Waals surface area contributed by atoms with Crippen molar-refractivity contribution in [2.75, 3.05) is 12.8 Å². The van der Waals surface area contributed by atoms with Crippen LogP contribution in [0.3, 0.4) is 0 Å². The van der Waals surface area contributed by atoms with Gasteiger partial charge in [-0.3, -0.25) is 4.90 Å². The highest BCUT2D eigenvalue weighted by Crippen LogP contribution is 2.22. The summed E-state index contributed by atoms with van der Waals surface area (Å²) in [6.07, 6.45) is 0. The van der Waals surface area contributed by atoms with E-state index >= 15 is 0 Å². The van der Waals surface area contributed by atoms with Gasteiger partial charge < -0.3 is 5.73 Å². The molecule has 0 aliphatic rings. The summed E-state index contributed by atoms with van der Waals surface area (Å²) < 4.78 is 1.12. The summed E-state index contributed by atoms with van der Waals surface area (Å²) in [7, 11) is 2.04. The van der Waals surface area contributed by atoms with E-state index in [0.717, 1.165) is 16.7 Å². The fraction of sp³-hybridized carbons (Fsp3) is 0.250. The summed E-state index contributed by atoms with van der Waals surface area (Å²) in [6, 6.07) is 5.62. The Bertz CT molecular complexity index is 544. The second-order valence-corrected chi connectivity index (χ2v) is 6.39. The van der Waals surface area contributed by atoms with Gasteiger partial charge in [-0.2, -0.15) is 0 Å². The topological polar surface area (TPSA) is 42.2 Å². The van der Waals surface area contributed by atoms with Crippen LogP contribution in [-0.4, -0.2) is 16.9 Å². The summed E-state index contributed by atoms with van der Waals surface area (Å²) in [6.45, 7) is 1.54. The minimum atomic E-state index is 0.502. The third-order valence-corrected chi connectivity index (χ3v) is 4.43. The Kier molecular flexibility index (Phi) is 4.61. The molecule has 0 unspecified atom stereocenters. The number of hydrogen-bond donors (Lipinski definition) is 1. The largest absolute Gasteiger partial charge is 0.384 e. The third kappa shape index (κ3) is 3.68. The number of halogens is 2. The molecule has 2 aromatic heterocycles. The quantitative estimate of drug-likeness (QED) is 0.916. The average molecular weight is 347 g/mol. The summed E-state index contributed by atoms with van der Waals surface area (Å²) in [5, 5.41) is 2.73. The van der Waals surface area contributed by atoms with E-state index in [1.54, 1.807) is 23.5 Å². The Morgan fingerprint density at radius 1 is 1.44 bits per heavy atom. The van der Waals surface area contributed by atoms with Gasteiger partial charge in [0.05, 0.1) is 10.7 Å². The lowest BCUT2D eigenvalue weighted by Gasteiger charge is -2.16. The number of nitrogens with two attached hydrogens (primary N) is 1. The van der Waals surface area contributed by atoms with Crippen LogP contribution in [0.25, 0.3) is 0 Å². The normalized spacial score (nSPS) is 11.1. The molecule has 0 radical (unpaired) electrons. The third-order valence-electron chi connectivity index (χ3n) is 2.41. The molecular weight excluding hydrogens is 334 g/mol. The van der Waals surface area contributed by atoms with Crippen molar-refractivity contribution in [1.82, 2.24) is 9.88 Å². The monoisotopic (exact) mass is 345 g/mol. The van der Waals surface area contributed by atoms with Gasteiger partial charge in [0.2, 0.25) is 0 Å². The van der Waals surface area contributed by atoms with Gasteiger partial charge in [0.25, 0.3) is 0 Å². The van der Waals surface area contributed by atoms with Crippen LogP contribution in [0.15, 0.2) is 28.1 Å². The maximum Gasteiger partial charge on any atom is 0.123 e. The highest BCUT2D eigenvalue weighted by atomic mass is 79.9. The molecule has 0 amide bonds. The number of nitrogens with zero attached hydrogens (tertiary/aromatic N) is 2. The van der Waals surface area contributed by atoms with E-state index in [1.807, 2.05) is 7.05 Å². The number of anilines is 1. The fourth-order valence-electron chi connectivity index (χ4n) is 1.63. The highest BCUT2D eigenvalue weighted by Gasteiger charge is 2.08. The fourth-order valence-corrected chi connectivity index (χ4v) is 3.32. The van der Waals surface area contributed by atoms with Crippen molar-refractivity contribution >= 4 is 44.7 Å². The summed E-state index contributed by atoms with van der Waals surface area (Å²) in [4.78, 5) is 7.71. The number of hydrogen-bond acceptors (Lipinski definition) is 4. The molecule has 0 atom stereocenters. The molecule has 96 valence electrons. The standard InChI is InChI=1S/C12H13BrClN3S/c1-17(5-9-4-8(13)7-18-9)6-11-10(14)2-3-12(15)16-11/h2-4,7H,5-6H2,1H3,(H2,15,16). The van der Waals surface area contributed by atoms with Crippen LogP contribution in [-0.2, 0) is 13.1 Å². The van der Waals surface area contributed by atoms with Crippen LogP contribution in [0.4, 0.5) is 5.82 Å². The van der Waals surface area contributed by atoms with Gasteiger partial charge in [0.15, 0.2) is 0 Å². The van der Waals surface area contributed by atoms with E-state index in [9.17, 15) is 0 Å². The molecule has 3 nitrogen and oxygen atoms in total. The number of rotatable bonds is 4. The first-order valence-corrected chi connectivity index (χ1v) is 7.42. The number of thiophene rings is 1. The van der Waals surface area contributed by atoms with Gasteiger partial charge in [-0.25, -0.2) is 4.98 Å². The van der Waals surface area contributed by atoms with Gasteiger partial charge in [-0.1, -0.05) is 11.6 Å². The lowest BCUT2D eigenvalue weighted by molar-refractivity contribution is 0.318. The molecule has 0 aromatic carbocycles. The van der Waals surface area contributed by atoms with Crippen LogP contribution >= 0.6 is 38.9 Å². The van der Waals surface area contributed by atoms with E-state index in [1.165, 1.54) is 4.88 Å². The van der Waals surface area contributed by atoms with Gasteiger partial charge in [0.1, 0.15) is 5.82 Å². The predicted octanol–water partition coefficient (Wildman–Crippen LogP) is 3.77. The summed E-state index contributed by atoms with van der Waals surface area (Å²) in [5.74, 6) is 0.502. The molecule has 0 fully saturated rings. The van der Waals surface area contributed by atoms with E-state index in [4.69, 9.17) is 17.3 Å². The van der Waals surface area contributed by atoms with Gasteiger partial charge in [-0.05, 0) is 41.2 Å². The van der Waals surface area contributed by atoms with E-state index < -0.39 is 0 Å². The van der Waals surface area contributed by atoms with Crippen LogP contribution in [0, 0.1) is 0 Å². The lowest BCUT2D eigenvalue weighted by Crippen LogP contribution is -2.18. The van der Waals surface area contributed by atoms with E-state index in [-0.39, 0.29) is 0 Å². The van der Waals surface area contributed by atoms with Crippen LogP contribution < -0.4 is 5.73 Å². The van der Waals surface area contributed by atoms with Crippen LogP contribution in [0.5, 0.6) is 0 Å². The van der Waals surface area contributed by atoms with Crippen molar-refractivity contribution in [3.05, 3.63) is 43.6 Å². The minimum absolute atomic E-state index is 0.502. The maximum absolute atomic E-state index is 6.10. The van der Waals surface area contributed by atoms with E-state index in [0.29, 0.717) is 17.4 Å². The molecule has 0 aliphatic carbocycles. The molecule has 6 heteroatoms. The smallest absolute Gasteiger partial charge is 0.123 e. The van der Waals surface area contributed by atoms with Crippen molar-refractivity contribution in [2.24, 2.45) is 0 Å². The number of pyridine rings is 1. The van der Waals surface area contributed by atoms with Crippen LogP contribution in [0.1, 0.15) is 10.6 Å². The number of aromatic nitrogens is 1. The van der Waals surface area contributed by atoms with Gasteiger partial charge >= 0.3 is 0 Å². The van der Waals surface area contributed by atoms with Crippen molar-refractivity contribution < 1.29 is 0 Å². The maximum atomic E-state index is 6.10. The van der Waals surface area contributed by atoms with Crippen molar-refractivity contribution in [3.8, 4) is 0 Å². The zero-order valence-corrected chi connectivity index (χ0v) is 13.0. The molecule has 0 aliphatic heterocycles. The molecule has 0 spiro atoms. The van der Waals surface area contributed by atoms with Crippen molar-refractivity contribution in [3.63, 3.8) is 0 Å². The van der Waals surface area contributed by atoms with Crippen molar-refractivity contribution in [1.29, 1.82) is 0 Å². The Morgan fingerprint density at radius 3 is 2.89 bits per heavy atom. The molecule has 0 saturated heterocycles. The lowest BCUT2D eigenvalue weighted by atomic mass is 10.3. The Hall–Kier alpha value is -0.620. The Labute approximate surface area is 124 Å². The molecule has 2 aromatic rings. The second-order valence-electron chi connectivity index (χ2n) is 4.07. The first-order chi connectivity index (χ1) is 8.54. The molecule has 18 heavy (non-hydrogen) atoms. The summed E-state index contributed by atoms with van der Waals surface area (Å²) in [5.41, 5.74) is 6.48. The van der Waals surface area contributed by atoms with Gasteiger partial charge in [-0.15, -0.1) is 11.3 Å². The van der Waals surface area contributed by atoms with Gasteiger partial charge in [0, 0.05) is 27.8 Å². The zero-order valence-electron chi connectivity index (χ0n) is 9.86. The molecule has 2 heterocycles.